The smallest absolute Gasteiger partial charge is 0.337 e. The average Bonchev–Trinajstić information content (AvgIpc) is 3.19. The number of carbonyl (C=O) groups is 1. The second kappa shape index (κ2) is 8.01. The molecule has 1 atom stereocenters. The third-order valence-electron chi connectivity index (χ3n) is 5.08. The van der Waals surface area contributed by atoms with Gasteiger partial charge in [-0.3, -0.25) is 0 Å². The van der Waals surface area contributed by atoms with Gasteiger partial charge in [-0.25, -0.2) is 9.18 Å². The Morgan fingerprint density at radius 2 is 2.04 bits per heavy atom. The number of nitrogens with zero attached hydrogens (tertiary/aromatic N) is 1. The van der Waals surface area contributed by atoms with E-state index in [-0.39, 0.29) is 11.9 Å². The molecule has 0 saturated carbocycles. The lowest BCUT2D eigenvalue weighted by molar-refractivity contribution is 0.0694. The number of carboxylic acids is 1. The van der Waals surface area contributed by atoms with Gasteiger partial charge in [-0.05, 0) is 44.4 Å². The van der Waals surface area contributed by atoms with Crippen molar-refractivity contribution < 1.29 is 19.0 Å². The standard InChI is InChI=1S/C20H25FN2O3/c1-13-18(11-22-10-17-4-3-9-26-17)19(20(24)25)14(2)23(13)12-15-5-7-16(21)8-6-15/h5-8,17,22H,3-4,9-12H2,1-2H3,(H,24,25)/t17-/m0/s1. The van der Waals surface area contributed by atoms with Gasteiger partial charge in [0, 0.05) is 43.2 Å². The number of hydrogen-bond donors (Lipinski definition) is 2. The first-order valence-corrected chi connectivity index (χ1v) is 8.96. The fraction of sp³-hybridized carbons (Fsp3) is 0.450. The molecule has 3 rings (SSSR count). The fourth-order valence-corrected chi connectivity index (χ4v) is 3.62. The largest absolute Gasteiger partial charge is 0.478 e. The van der Waals surface area contributed by atoms with Crippen molar-refractivity contribution in [2.24, 2.45) is 0 Å². The third kappa shape index (κ3) is 3.97. The number of nitrogens with one attached hydrogen (secondary N) is 1. The van der Waals surface area contributed by atoms with Crippen LogP contribution in [0, 0.1) is 19.7 Å². The van der Waals surface area contributed by atoms with E-state index in [9.17, 15) is 14.3 Å². The summed E-state index contributed by atoms with van der Waals surface area (Å²) in [6, 6.07) is 6.30. The van der Waals surface area contributed by atoms with Gasteiger partial charge < -0.3 is 19.7 Å². The van der Waals surface area contributed by atoms with Gasteiger partial charge in [0.1, 0.15) is 5.82 Å². The monoisotopic (exact) mass is 360 g/mol. The van der Waals surface area contributed by atoms with Gasteiger partial charge in [-0.2, -0.15) is 0 Å². The Hall–Kier alpha value is -2.18. The van der Waals surface area contributed by atoms with Gasteiger partial charge in [0.05, 0.1) is 11.7 Å². The molecule has 1 aromatic carbocycles. The van der Waals surface area contributed by atoms with Crippen LogP contribution >= 0.6 is 0 Å². The molecule has 1 aliphatic rings. The summed E-state index contributed by atoms with van der Waals surface area (Å²) in [5.41, 5.74) is 3.72. The molecule has 1 aliphatic heterocycles. The van der Waals surface area contributed by atoms with Crippen LogP contribution < -0.4 is 5.32 Å². The van der Waals surface area contributed by atoms with Gasteiger partial charge in [0.25, 0.3) is 0 Å². The Morgan fingerprint density at radius 3 is 2.65 bits per heavy atom. The number of ether oxygens (including phenoxy) is 1. The first kappa shape index (κ1) is 18.6. The highest BCUT2D eigenvalue weighted by molar-refractivity contribution is 5.91. The molecule has 0 spiro atoms. The van der Waals surface area contributed by atoms with E-state index in [1.807, 2.05) is 18.4 Å². The first-order chi connectivity index (χ1) is 12.5. The van der Waals surface area contributed by atoms with Crippen LogP contribution in [0.5, 0.6) is 0 Å². The molecule has 2 aromatic rings. The maximum absolute atomic E-state index is 13.1. The van der Waals surface area contributed by atoms with Crippen molar-refractivity contribution >= 4 is 5.97 Å². The number of rotatable bonds is 7. The van der Waals surface area contributed by atoms with Crippen LogP contribution in [0.25, 0.3) is 0 Å². The highest BCUT2D eigenvalue weighted by Gasteiger charge is 2.23. The van der Waals surface area contributed by atoms with Crippen molar-refractivity contribution in [2.45, 2.75) is 45.9 Å². The number of aromatic carboxylic acids is 1. The number of carboxylic acid groups (broad SMARTS) is 1. The Bertz CT molecular complexity index is 777. The van der Waals surface area contributed by atoms with Crippen molar-refractivity contribution in [1.29, 1.82) is 0 Å². The Balaban J connectivity index is 1.80. The third-order valence-corrected chi connectivity index (χ3v) is 5.08. The zero-order valence-corrected chi connectivity index (χ0v) is 15.2. The predicted molar refractivity (Wildman–Crippen MR) is 97.0 cm³/mol. The van der Waals surface area contributed by atoms with Gasteiger partial charge in [-0.15, -0.1) is 0 Å². The number of hydrogen-bond acceptors (Lipinski definition) is 3. The summed E-state index contributed by atoms with van der Waals surface area (Å²) < 4.78 is 20.7. The van der Waals surface area contributed by atoms with Gasteiger partial charge in [0.2, 0.25) is 0 Å². The van der Waals surface area contributed by atoms with E-state index in [0.717, 1.165) is 42.8 Å². The molecule has 0 unspecified atom stereocenters. The number of aromatic nitrogens is 1. The second-order valence-corrected chi connectivity index (χ2v) is 6.81. The molecule has 26 heavy (non-hydrogen) atoms. The van der Waals surface area contributed by atoms with E-state index >= 15 is 0 Å². The maximum Gasteiger partial charge on any atom is 0.337 e. The van der Waals surface area contributed by atoms with Crippen molar-refractivity contribution in [2.75, 3.05) is 13.2 Å². The fourth-order valence-electron chi connectivity index (χ4n) is 3.62. The second-order valence-electron chi connectivity index (χ2n) is 6.81. The summed E-state index contributed by atoms with van der Waals surface area (Å²) in [7, 11) is 0. The summed E-state index contributed by atoms with van der Waals surface area (Å²) in [4.78, 5) is 11.8. The molecule has 0 aliphatic carbocycles. The molecule has 2 N–H and O–H groups in total. The van der Waals surface area contributed by atoms with Crippen LogP contribution in [0.4, 0.5) is 4.39 Å². The van der Waals surface area contributed by atoms with Gasteiger partial charge in [-0.1, -0.05) is 12.1 Å². The van der Waals surface area contributed by atoms with Crippen molar-refractivity contribution in [3.63, 3.8) is 0 Å². The molecule has 6 heteroatoms. The topological polar surface area (TPSA) is 63.5 Å². The lowest BCUT2D eigenvalue weighted by Crippen LogP contribution is -2.26. The predicted octanol–water partition coefficient (Wildman–Crippen LogP) is 3.26. The summed E-state index contributed by atoms with van der Waals surface area (Å²) in [6.45, 7) is 6.30. The summed E-state index contributed by atoms with van der Waals surface area (Å²) in [6.07, 6.45) is 2.34. The van der Waals surface area contributed by atoms with Crippen LogP contribution in [-0.2, 0) is 17.8 Å². The Labute approximate surface area is 152 Å². The minimum absolute atomic E-state index is 0.214. The van der Waals surface area contributed by atoms with E-state index in [1.165, 1.54) is 12.1 Å². The zero-order chi connectivity index (χ0) is 18.7. The molecule has 1 saturated heterocycles. The minimum atomic E-state index is -0.919. The molecule has 1 aromatic heterocycles. The number of halogens is 1. The molecular formula is C20H25FN2O3. The van der Waals surface area contributed by atoms with Crippen LogP contribution in [0.1, 0.15) is 45.7 Å². The summed E-state index contributed by atoms with van der Waals surface area (Å²) >= 11 is 0. The van der Waals surface area contributed by atoms with Crippen molar-refractivity contribution in [3.05, 3.63) is 58.2 Å². The molecule has 5 nitrogen and oxygen atoms in total. The molecule has 0 bridgehead atoms. The number of benzene rings is 1. The van der Waals surface area contributed by atoms with E-state index in [4.69, 9.17) is 4.74 Å². The molecule has 1 fully saturated rings. The highest BCUT2D eigenvalue weighted by atomic mass is 19.1. The summed E-state index contributed by atoms with van der Waals surface area (Å²) in [5.74, 6) is -1.20. The van der Waals surface area contributed by atoms with Crippen LogP contribution in [0.2, 0.25) is 0 Å². The Kier molecular flexibility index (Phi) is 5.74. The first-order valence-electron chi connectivity index (χ1n) is 8.96. The van der Waals surface area contributed by atoms with E-state index in [0.29, 0.717) is 24.3 Å². The normalized spacial score (nSPS) is 17.0. The zero-order valence-electron chi connectivity index (χ0n) is 15.2. The molecule has 0 radical (unpaired) electrons. The van der Waals surface area contributed by atoms with E-state index in [1.54, 1.807) is 12.1 Å². The molecule has 0 amide bonds. The van der Waals surface area contributed by atoms with Crippen molar-refractivity contribution in [1.82, 2.24) is 9.88 Å². The molecular weight excluding hydrogens is 335 g/mol. The van der Waals surface area contributed by atoms with Crippen LogP contribution in [0.15, 0.2) is 24.3 Å². The molecule has 140 valence electrons. The SMILES string of the molecule is Cc1c(CNC[C@@H]2CCCO2)c(C(=O)O)c(C)n1Cc1ccc(F)cc1. The maximum atomic E-state index is 13.1. The quantitative estimate of drug-likeness (QED) is 0.796. The molecule has 2 heterocycles. The summed E-state index contributed by atoms with van der Waals surface area (Å²) in [5, 5.41) is 13.0. The van der Waals surface area contributed by atoms with Crippen molar-refractivity contribution in [3.8, 4) is 0 Å². The van der Waals surface area contributed by atoms with Gasteiger partial charge >= 0.3 is 5.97 Å². The highest BCUT2D eigenvalue weighted by Crippen LogP contribution is 2.24. The van der Waals surface area contributed by atoms with E-state index < -0.39 is 5.97 Å². The van der Waals surface area contributed by atoms with Crippen LogP contribution in [0.3, 0.4) is 0 Å². The van der Waals surface area contributed by atoms with E-state index in [2.05, 4.69) is 5.32 Å². The average molecular weight is 360 g/mol. The lowest BCUT2D eigenvalue weighted by atomic mass is 10.1. The minimum Gasteiger partial charge on any atom is -0.478 e. The van der Waals surface area contributed by atoms with Crippen LogP contribution in [-0.4, -0.2) is 34.9 Å². The lowest BCUT2D eigenvalue weighted by Gasteiger charge is -2.12. The Morgan fingerprint density at radius 1 is 1.31 bits per heavy atom. The van der Waals surface area contributed by atoms with Gasteiger partial charge in [0.15, 0.2) is 0 Å².